The number of carboxylic acid groups (broad SMARTS) is 1. The number of aryl methyl sites for hydroxylation is 1. The Morgan fingerprint density at radius 3 is 2.19 bits per heavy atom. The third-order valence-corrected chi connectivity index (χ3v) is 9.00. The summed E-state index contributed by atoms with van der Waals surface area (Å²) < 4.78 is 33.1. The van der Waals surface area contributed by atoms with Crippen molar-refractivity contribution < 1.29 is 32.6 Å². The van der Waals surface area contributed by atoms with Gasteiger partial charge in [0.25, 0.3) is 15.9 Å². The lowest BCUT2D eigenvalue weighted by molar-refractivity contribution is -0.146. The topological polar surface area (TPSA) is 133 Å². The van der Waals surface area contributed by atoms with Crippen LogP contribution in [0.25, 0.3) is 0 Å². The minimum Gasteiger partial charge on any atom is -0.480 e. The van der Waals surface area contributed by atoms with Crippen molar-refractivity contribution in [2.45, 2.75) is 49.0 Å². The van der Waals surface area contributed by atoms with E-state index in [2.05, 4.69) is 5.32 Å². The minimum absolute atomic E-state index is 0.175. The van der Waals surface area contributed by atoms with E-state index in [0.29, 0.717) is 15.6 Å². The zero-order valence-electron chi connectivity index (χ0n) is 21.3. The smallest absolute Gasteiger partial charge is 0.414 e. The number of benzene rings is 2. The Morgan fingerprint density at radius 2 is 1.70 bits per heavy atom. The number of aliphatic carboxylic acids is 1. The summed E-state index contributed by atoms with van der Waals surface area (Å²) in [5, 5.41) is 12.3. The van der Waals surface area contributed by atoms with E-state index in [1.807, 2.05) is 13.8 Å². The van der Waals surface area contributed by atoms with E-state index in [9.17, 15) is 27.9 Å². The van der Waals surface area contributed by atoms with Gasteiger partial charge >= 0.3 is 12.1 Å². The summed E-state index contributed by atoms with van der Waals surface area (Å²) in [6.45, 7) is 5.55. The molecule has 0 spiro atoms. The lowest BCUT2D eigenvalue weighted by Crippen LogP contribution is -2.55. The zero-order valence-corrected chi connectivity index (χ0v) is 22.9. The summed E-state index contributed by atoms with van der Waals surface area (Å²) in [4.78, 5) is 38.9. The third kappa shape index (κ3) is 6.82. The van der Waals surface area contributed by atoms with Crippen molar-refractivity contribution in [1.82, 2.24) is 14.5 Å². The number of nitrogens with zero attached hydrogens (tertiary/aromatic N) is 2. The van der Waals surface area contributed by atoms with Gasteiger partial charge < -0.3 is 14.7 Å². The van der Waals surface area contributed by atoms with Gasteiger partial charge in [0.1, 0.15) is 17.2 Å². The summed E-state index contributed by atoms with van der Waals surface area (Å²) in [5.74, 6) is -1.52. The van der Waals surface area contributed by atoms with Crippen molar-refractivity contribution in [1.29, 1.82) is 0 Å². The van der Waals surface area contributed by atoms with Crippen LogP contribution in [0.2, 0.25) is 0 Å². The molecule has 37 heavy (non-hydrogen) atoms. The highest BCUT2D eigenvalue weighted by Crippen LogP contribution is 2.31. The Hall–Kier alpha value is -3.09. The first-order chi connectivity index (χ1) is 17.2. The number of carboxylic acids is 1. The number of thioether (sulfide) groups is 1. The molecular formula is C25H31N3O7S2. The van der Waals surface area contributed by atoms with Crippen LogP contribution in [0.15, 0.2) is 53.4 Å². The molecule has 2 atom stereocenters. The second kappa shape index (κ2) is 11.1. The van der Waals surface area contributed by atoms with Crippen LogP contribution in [0, 0.1) is 6.92 Å². The standard InChI is InChI=1S/C25H31N3O7S2/c1-16-6-12-19(13-7-16)37(33,34)28(22(29)21-26-25(2,3)15-36-21)20(23(30)31)14-17-8-10-18(11-9-17)35-24(32)27(4)5/h6-13,20-21,26H,14-15H2,1-5H3,(H,30,31)/t20-,21-/m0/s1. The maximum absolute atomic E-state index is 13.7. The van der Waals surface area contributed by atoms with E-state index in [0.717, 1.165) is 5.56 Å². The minimum atomic E-state index is -4.51. The van der Waals surface area contributed by atoms with Crippen LogP contribution >= 0.6 is 11.8 Å². The molecule has 200 valence electrons. The van der Waals surface area contributed by atoms with Crippen LogP contribution in [0.5, 0.6) is 5.75 Å². The number of ether oxygens (including phenoxy) is 1. The molecule has 2 aromatic rings. The SMILES string of the molecule is Cc1ccc(S(=O)(=O)N(C(=O)[C@H]2NC(C)(C)CS2)[C@@H](Cc2ccc(OC(=O)N(C)C)cc2)C(=O)O)cc1. The van der Waals surface area contributed by atoms with Crippen LogP contribution in [-0.2, 0) is 26.0 Å². The molecule has 2 amide bonds. The van der Waals surface area contributed by atoms with Gasteiger partial charge in [-0.3, -0.25) is 10.1 Å². The fraction of sp³-hybridized carbons (Fsp3) is 0.400. The summed E-state index contributed by atoms with van der Waals surface area (Å²) in [7, 11) is -1.45. The lowest BCUT2D eigenvalue weighted by atomic mass is 10.1. The Bertz CT molecular complexity index is 1260. The number of hydrogen-bond acceptors (Lipinski definition) is 8. The van der Waals surface area contributed by atoms with Gasteiger partial charge in [-0.1, -0.05) is 29.8 Å². The van der Waals surface area contributed by atoms with Gasteiger partial charge in [-0.25, -0.2) is 22.3 Å². The summed E-state index contributed by atoms with van der Waals surface area (Å²) >= 11 is 1.23. The molecule has 0 radical (unpaired) electrons. The quantitative estimate of drug-likeness (QED) is 0.510. The van der Waals surface area contributed by atoms with Crippen LogP contribution in [0.4, 0.5) is 4.79 Å². The average molecular weight is 550 g/mol. The van der Waals surface area contributed by atoms with Crippen LogP contribution in [0.1, 0.15) is 25.0 Å². The molecule has 1 aliphatic rings. The molecule has 2 aromatic carbocycles. The van der Waals surface area contributed by atoms with E-state index in [4.69, 9.17) is 4.74 Å². The second-order valence-corrected chi connectivity index (χ2v) is 12.5. The number of sulfonamides is 1. The molecule has 0 aliphatic carbocycles. The first kappa shape index (κ1) is 28.5. The largest absolute Gasteiger partial charge is 0.480 e. The Morgan fingerprint density at radius 1 is 1.11 bits per heavy atom. The highest BCUT2D eigenvalue weighted by atomic mass is 32.2. The molecule has 1 heterocycles. The Labute approximate surface area is 221 Å². The van der Waals surface area contributed by atoms with E-state index >= 15 is 0 Å². The highest BCUT2D eigenvalue weighted by molar-refractivity contribution is 8.01. The van der Waals surface area contributed by atoms with E-state index in [1.54, 1.807) is 19.1 Å². The number of amides is 2. The average Bonchev–Trinajstić information content (AvgIpc) is 3.19. The van der Waals surface area contributed by atoms with Crippen LogP contribution in [0.3, 0.4) is 0 Å². The number of nitrogens with one attached hydrogen (secondary N) is 1. The van der Waals surface area contributed by atoms with E-state index < -0.39 is 44.9 Å². The fourth-order valence-corrected chi connectivity index (χ4v) is 6.56. The molecule has 0 aromatic heterocycles. The second-order valence-electron chi connectivity index (χ2n) is 9.64. The molecular weight excluding hydrogens is 518 g/mol. The molecule has 0 unspecified atom stereocenters. The third-order valence-electron chi connectivity index (χ3n) is 5.64. The summed E-state index contributed by atoms with van der Waals surface area (Å²) in [6.07, 6.45) is -0.865. The van der Waals surface area contributed by atoms with Gasteiger partial charge in [0, 0.05) is 31.8 Å². The van der Waals surface area contributed by atoms with Gasteiger partial charge in [-0.15, -0.1) is 11.8 Å². The molecule has 1 fully saturated rings. The maximum atomic E-state index is 13.7. The molecule has 1 aliphatic heterocycles. The maximum Gasteiger partial charge on any atom is 0.414 e. The molecule has 1 saturated heterocycles. The normalized spacial score (nSPS) is 17.6. The molecule has 10 nitrogen and oxygen atoms in total. The first-order valence-electron chi connectivity index (χ1n) is 11.5. The molecule has 0 saturated carbocycles. The lowest BCUT2D eigenvalue weighted by Gasteiger charge is -2.31. The number of hydrogen-bond donors (Lipinski definition) is 2. The molecule has 2 N–H and O–H groups in total. The number of rotatable bonds is 8. The molecule has 3 rings (SSSR count). The van der Waals surface area contributed by atoms with E-state index in [-0.39, 0.29) is 17.1 Å². The monoisotopic (exact) mass is 549 g/mol. The Kier molecular flexibility index (Phi) is 8.56. The van der Waals surface area contributed by atoms with Gasteiger partial charge in [-0.05, 0) is 50.6 Å². The van der Waals surface area contributed by atoms with Crippen molar-refractivity contribution in [3.05, 3.63) is 59.7 Å². The first-order valence-corrected chi connectivity index (χ1v) is 14.0. The predicted molar refractivity (Wildman–Crippen MR) is 140 cm³/mol. The summed E-state index contributed by atoms with van der Waals surface area (Å²) in [5.41, 5.74) is 0.834. The molecule has 12 heteroatoms. The predicted octanol–water partition coefficient (Wildman–Crippen LogP) is 2.71. The van der Waals surface area contributed by atoms with Crippen molar-refractivity contribution >= 4 is 39.8 Å². The highest BCUT2D eigenvalue weighted by Gasteiger charge is 2.46. The number of carbonyl (C=O) groups excluding carboxylic acids is 2. The van der Waals surface area contributed by atoms with Crippen molar-refractivity contribution in [2.75, 3.05) is 19.8 Å². The van der Waals surface area contributed by atoms with E-state index in [1.165, 1.54) is 67.2 Å². The summed E-state index contributed by atoms with van der Waals surface area (Å²) in [6, 6.07) is 10.2. The van der Waals surface area contributed by atoms with Gasteiger partial charge in [0.05, 0.1) is 4.90 Å². The van der Waals surface area contributed by atoms with Crippen LogP contribution in [-0.4, -0.2) is 77.5 Å². The fourth-order valence-electron chi connectivity index (χ4n) is 3.62. The Balaban J connectivity index is 1.98. The van der Waals surface area contributed by atoms with Crippen molar-refractivity contribution in [3.8, 4) is 5.75 Å². The van der Waals surface area contributed by atoms with Gasteiger partial charge in [0.15, 0.2) is 0 Å². The van der Waals surface area contributed by atoms with Crippen molar-refractivity contribution in [2.24, 2.45) is 0 Å². The van der Waals surface area contributed by atoms with Crippen molar-refractivity contribution in [3.63, 3.8) is 0 Å². The number of carbonyl (C=O) groups is 3. The van der Waals surface area contributed by atoms with Crippen LogP contribution < -0.4 is 10.1 Å². The molecule has 0 bridgehead atoms. The van der Waals surface area contributed by atoms with Gasteiger partial charge in [-0.2, -0.15) is 0 Å². The zero-order chi connectivity index (χ0) is 27.5. The van der Waals surface area contributed by atoms with Gasteiger partial charge in [0.2, 0.25) is 0 Å².